The van der Waals surface area contributed by atoms with Gasteiger partial charge in [0.2, 0.25) is 0 Å². The molecule has 108 valence electrons. The van der Waals surface area contributed by atoms with Crippen LogP contribution >= 0.6 is 0 Å². The SMILES string of the molecule is CCOc1ccc(C(N)COC(C)C(F)(F)F)cc1. The number of halogens is 3. The number of hydrogen-bond acceptors (Lipinski definition) is 3. The summed E-state index contributed by atoms with van der Waals surface area (Å²) in [6.45, 7) is 3.20. The quantitative estimate of drug-likeness (QED) is 0.869. The van der Waals surface area contributed by atoms with Crippen LogP contribution in [0.5, 0.6) is 5.75 Å². The Labute approximate surface area is 110 Å². The van der Waals surface area contributed by atoms with E-state index in [0.29, 0.717) is 17.9 Å². The molecule has 0 aliphatic rings. The Morgan fingerprint density at radius 3 is 2.26 bits per heavy atom. The number of benzene rings is 1. The topological polar surface area (TPSA) is 44.5 Å². The van der Waals surface area contributed by atoms with Crippen molar-refractivity contribution in [3.63, 3.8) is 0 Å². The summed E-state index contributed by atoms with van der Waals surface area (Å²) in [4.78, 5) is 0. The van der Waals surface area contributed by atoms with E-state index in [2.05, 4.69) is 0 Å². The van der Waals surface area contributed by atoms with Crippen molar-refractivity contribution in [2.45, 2.75) is 32.2 Å². The number of alkyl halides is 3. The summed E-state index contributed by atoms with van der Waals surface area (Å²) in [5, 5.41) is 0. The standard InChI is InChI=1S/C13H18F3NO2/c1-3-18-11-6-4-10(5-7-11)12(17)8-19-9(2)13(14,15)16/h4-7,9,12H,3,8,17H2,1-2H3. The van der Waals surface area contributed by atoms with Crippen LogP contribution in [0, 0.1) is 0 Å². The molecule has 0 radical (unpaired) electrons. The molecule has 2 N–H and O–H groups in total. The summed E-state index contributed by atoms with van der Waals surface area (Å²) in [5.41, 5.74) is 6.48. The van der Waals surface area contributed by atoms with Crippen LogP contribution in [0.3, 0.4) is 0 Å². The molecule has 0 saturated heterocycles. The maximum Gasteiger partial charge on any atom is 0.414 e. The fourth-order valence-electron chi connectivity index (χ4n) is 1.42. The van der Waals surface area contributed by atoms with E-state index in [1.54, 1.807) is 24.3 Å². The summed E-state index contributed by atoms with van der Waals surface area (Å²) < 4.78 is 46.8. The third-order valence-electron chi connectivity index (χ3n) is 2.61. The zero-order valence-corrected chi connectivity index (χ0v) is 10.9. The van der Waals surface area contributed by atoms with Gasteiger partial charge in [0.25, 0.3) is 0 Å². The minimum atomic E-state index is -4.36. The van der Waals surface area contributed by atoms with Crippen LogP contribution in [0.25, 0.3) is 0 Å². The Balaban J connectivity index is 2.51. The molecule has 1 rings (SSSR count). The summed E-state index contributed by atoms with van der Waals surface area (Å²) in [6.07, 6.45) is -6.18. The molecule has 0 aromatic heterocycles. The lowest BCUT2D eigenvalue weighted by molar-refractivity contribution is -0.215. The molecule has 0 amide bonds. The first kappa shape index (κ1) is 15.8. The van der Waals surface area contributed by atoms with Gasteiger partial charge in [0.1, 0.15) is 5.75 Å². The molecule has 0 aliphatic heterocycles. The molecule has 2 atom stereocenters. The van der Waals surface area contributed by atoms with Crippen LogP contribution in [-0.2, 0) is 4.74 Å². The molecule has 1 aromatic carbocycles. The van der Waals surface area contributed by atoms with Crippen molar-refractivity contribution in [3.8, 4) is 5.75 Å². The first-order valence-electron chi connectivity index (χ1n) is 6.01. The van der Waals surface area contributed by atoms with Crippen LogP contribution in [0.1, 0.15) is 25.5 Å². The first-order chi connectivity index (χ1) is 8.84. The summed E-state index contributed by atoms with van der Waals surface area (Å²) in [5.74, 6) is 0.697. The lowest BCUT2D eigenvalue weighted by Gasteiger charge is -2.19. The van der Waals surface area contributed by atoms with Crippen LogP contribution in [0.15, 0.2) is 24.3 Å². The molecule has 0 spiro atoms. The minimum absolute atomic E-state index is 0.186. The number of ether oxygens (including phenoxy) is 2. The maximum absolute atomic E-state index is 12.3. The molecule has 2 unspecified atom stereocenters. The third-order valence-corrected chi connectivity index (χ3v) is 2.61. The number of hydrogen-bond donors (Lipinski definition) is 1. The molecule has 3 nitrogen and oxygen atoms in total. The minimum Gasteiger partial charge on any atom is -0.494 e. The van der Waals surface area contributed by atoms with E-state index in [9.17, 15) is 13.2 Å². The Bertz CT molecular complexity index is 378. The second kappa shape index (κ2) is 6.77. The fourth-order valence-corrected chi connectivity index (χ4v) is 1.42. The number of rotatable bonds is 6. The zero-order valence-electron chi connectivity index (χ0n) is 10.9. The van der Waals surface area contributed by atoms with E-state index < -0.39 is 18.3 Å². The second-order valence-corrected chi connectivity index (χ2v) is 4.13. The highest BCUT2D eigenvalue weighted by atomic mass is 19.4. The van der Waals surface area contributed by atoms with Crippen molar-refractivity contribution >= 4 is 0 Å². The lowest BCUT2D eigenvalue weighted by atomic mass is 10.1. The number of nitrogens with two attached hydrogens (primary N) is 1. The smallest absolute Gasteiger partial charge is 0.414 e. The van der Waals surface area contributed by atoms with Gasteiger partial charge in [-0.05, 0) is 31.5 Å². The van der Waals surface area contributed by atoms with E-state index in [1.807, 2.05) is 6.92 Å². The summed E-state index contributed by atoms with van der Waals surface area (Å²) in [7, 11) is 0. The predicted octanol–water partition coefficient (Wildman–Crippen LogP) is 3.05. The molecule has 0 aliphatic carbocycles. The molecule has 19 heavy (non-hydrogen) atoms. The first-order valence-corrected chi connectivity index (χ1v) is 6.01. The van der Waals surface area contributed by atoms with E-state index in [-0.39, 0.29) is 6.61 Å². The highest BCUT2D eigenvalue weighted by Gasteiger charge is 2.37. The Morgan fingerprint density at radius 2 is 1.79 bits per heavy atom. The van der Waals surface area contributed by atoms with Crippen molar-refractivity contribution < 1.29 is 22.6 Å². The summed E-state index contributed by atoms with van der Waals surface area (Å²) in [6, 6.07) is 6.30. The fraction of sp³-hybridized carbons (Fsp3) is 0.538. The van der Waals surface area contributed by atoms with Crippen LogP contribution in [-0.4, -0.2) is 25.5 Å². The Kier molecular flexibility index (Phi) is 5.62. The van der Waals surface area contributed by atoms with Crippen LogP contribution in [0.4, 0.5) is 13.2 Å². The lowest BCUT2D eigenvalue weighted by Crippen LogP contribution is -2.31. The van der Waals surface area contributed by atoms with Gasteiger partial charge in [-0.1, -0.05) is 12.1 Å². The van der Waals surface area contributed by atoms with Gasteiger partial charge in [-0.25, -0.2) is 0 Å². The molecule has 0 fully saturated rings. The maximum atomic E-state index is 12.3. The van der Waals surface area contributed by atoms with Gasteiger partial charge in [-0.3, -0.25) is 0 Å². The summed E-state index contributed by atoms with van der Waals surface area (Å²) >= 11 is 0. The molecule has 0 heterocycles. The Morgan fingerprint density at radius 1 is 1.21 bits per heavy atom. The van der Waals surface area contributed by atoms with Crippen LogP contribution in [0.2, 0.25) is 0 Å². The van der Waals surface area contributed by atoms with Crippen molar-refractivity contribution in [1.29, 1.82) is 0 Å². The highest BCUT2D eigenvalue weighted by molar-refractivity contribution is 5.29. The van der Waals surface area contributed by atoms with E-state index in [0.717, 1.165) is 6.92 Å². The van der Waals surface area contributed by atoms with Gasteiger partial charge in [0, 0.05) is 0 Å². The third kappa shape index (κ3) is 5.08. The van der Waals surface area contributed by atoms with Gasteiger partial charge in [0.15, 0.2) is 6.10 Å². The van der Waals surface area contributed by atoms with E-state index in [4.69, 9.17) is 15.2 Å². The highest BCUT2D eigenvalue weighted by Crippen LogP contribution is 2.24. The van der Waals surface area contributed by atoms with Gasteiger partial charge in [-0.2, -0.15) is 13.2 Å². The van der Waals surface area contributed by atoms with Gasteiger partial charge in [-0.15, -0.1) is 0 Å². The molecular weight excluding hydrogens is 259 g/mol. The van der Waals surface area contributed by atoms with Crippen molar-refractivity contribution in [2.24, 2.45) is 5.73 Å². The predicted molar refractivity (Wildman–Crippen MR) is 66.0 cm³/mol. The van der Waals surface area contributed by atoms with Gasteiger partial charge < -0.3 is 15.2 Å². The molecular formula is C13H18F3NO2. The Hall–Kier alpha value is -1.27. The molecule has 0 saturated carbocycles. The molecule has 6 heteroatoms. The largest absolute Gasteiger partial charge is 0.494 e. The van der Waals surface area contributed by atoms with Crippen molar-refractivity contribution in [1.82, 2.24) is 0 Å². The average molecular weight is 277 g/mol. The average Bonchev–Trinajstić information content (AvgIpc) is 2.35. The van der Waals surface area contributed by atoms with Gasteiger partial charge >= 0.3 is 6.18 Å². The van der Waals surface area contributed by atoms with Gasteiger partial charge in [0.05, 0.1) is 19.3 Å². The van der Waals surface area contributed by atoms with E-state index in [1.165, 1.54) is 0 Å². The molecule has 1 aromatic rings. The van der Waals surface area contributed by atoms with E-state index >= 15 is 0 Å². The zero-order chi connectivity index (χ0) is 14.5. The monoisotopic (exact) mass is 277 g/mol. The van der Waals surface area contributed by atoms with Crippen molar-refractivity contribution in [3.05, 3.63) is 29.8 Å². The second-order valence-electron chi connectivity index (χ2n) is 4.13. The van der Waals surface area contributed by atoms with Crippen LogP contribution < -0.4 is 10.5 Å². The molecule has 0 bridgehead atoms. The normalized spacial score (nSPS) is 15.1. The van der Waals surface area contributed by atoms with Crippen molar-refractivity contribution in [2.75, 3.05) is 13.2 Å².